The van der Waals surface area contributed by atoms with Crippen LogP contribution >= 0.6 is 0 Å². The first-order chi connectivity index (χ1) is 8.22. The molecule has 2 unspecified atom stereocenters. The first-order valence-electron chi connectivity index (χ1n) is 5.93. The summed E-state index contributed by atoms with van der Waals surface area (Å²) in [4.78, 5) is 6.63. The molecular weight excluding hydrogens is 216 g/mol. The van der Waals surface area contributed by atoms with Crippen molar-refractivity contribution in [2.45, 2.75) is 25.0 Å². The molecule has 0 saturated carbocycles. The predicted octanol–water partition coefficient (Wildman–Crippen LogP) is 0.733. The lowest BCUT2D eigenvalue weighted by Gasteiger charge is -2.32. The number of nitrogens with two attached hydrogens (primary N) is 1. The third-order valence-corrected chi connectivity index (χ3v) is 3.43. The van der Waals surface area contributed by atoms with E-state index in [1.165, 1.54) is 0 Å². The minimum absolute atomic E-state index is 0.0612. The number of nitrogens with zero attached hydrogens (tertiary/aromatic N) is 2. The molecule has 1 aromatic heterocycles. The van der Waals surface area contributed by atoms with Crippen molar-refractivity contribution in [1.82, 2.24) is 4.98 Å². The molecule has 3 N–H and O–H groups in total. The van der Waals surface area contributed by atoms with Gasteiger partial charge in [0.1, 0.15) is 11.7 Å². The maximum absolute atomic E-state index is 7.33. The molecule has 2 bridgehead atoms. The Bertz CT molecular complexity index is 419. The Morgan fingerprint density at radius 1 is 1.35 bits per heavy atom. The summed E-state index contributed by atoms with van der Waals surface area (Å²) in [6, 6.07) is 3.78. The zero-order chi connectivity index (χ0) is 11.8. The molecule has 2 saturated heterocycles. The van der Waals surface area contributed by atoms with Gasteiger partial charge in [0.2, 0.25) is 0 Å². The van der Waals surface area contributed by atoms with Gasteiger partial charge in [-0.2, -0.15) is 0 Å². The van der Waals surface area contributed by atoms with E-state index in [2.05, 4.69) is 9.88 Å². The summed E-state index contributed by atoms with van der Waals surface area (Å²) in [5, 5.41) is 7.33. The molecule has 2 fully saturated rings. The predicted molar refractivity (Wildman–Crippen MR) is 65.4 cm³/mol. The zero-order valence-corrected chi connectivity index (χ0v) is 9.60. The van der Waals surface area contributed by atoms with Crippen molar-refractivity contribution in [1.29, 1.82) is 5.41 Å². The van der Waals surface area contributed by atoms with E-state index in [-0.39, 0.29) is 5.84 Å². The zero-order valence-electron chi connectivity index (χ0n) is 9.60. The van der Waals surface area contributed by atoms with Crippen molar-refractivity contribution in [3.05, 3.63) is 23.9 Å². The average molecular weight is 232 g/mol. The number of fused-ring (bicyclic) bond motifs is 2. The molecule has 5 heteroatoms. The lowest BCUT2D eigenvalue weighted by atomic mass is 10.2. The van der Waals surface area contributed by atoms with Crippen LogP contribution in [0.4, 0.5) is 5.82 Å². The number of hydrogen-bond donors (Lipinski definition) is 2. The summed E-state index contributed by atoms with van der Waals surface area (Å²) >= 11 is 0. The fourth-order valence-electron chi connectivity index (χ4n) is 2.53. The van der Waals surface area contributed by atoms with Gasteiger partial charge in [-0.1, -0.05) is 0 Å². The summed E-state index contributed by atoms with van der Waals surface area (Å²) in [5.41, 5.74) is 6.08. The van der Waals surface area contributed by atoms with Gasteiger partial charge in [0.05, 0.1) is 12.2 Å². The van der Waals surface area contributed by atoms with E-state index in [0.29, 0.717) is 17.8 Å². The van der Waals surface area contributed by atoms with Gasteiger partial charge in [-0.05, 0) is 25.0 Å². The van der Waals surface area contributed by atoms with Gasteiger partial charge in [0.25, 0.3) is 0 Å². The number of pyridine rings is 1. The summed E-state index contributed by atoms with van der Waals surface area (Å²) in [6.45, 7) is 1.84. The second-order valence-corrected chi connectivity index (χ2v) is 4.68. The van der Waals surface area contributed by atoms with E-state index in [4.69, 9.17) is 15.9 Å². The lowest BCUT2D eigenvalue weighted by Crippen LogP contribution is -2.43. The minimum atomic E-state index is 0.0612. The maximum Gasteiger partial charge on any atom is 0.128 e. The molecular formula is C12H16N4O. The SMILES string of the molecule is N=C(N)c1ccc(N2CC3CCC(C2)O3)nc1. The summed E-state index contributed by atoms with van der Waals surface area (Å²) < 4.78 is 5.79. The topological polar surface area (TPSA) is 75.2 Å². The van der Waals surface area contributed by atoms with Gasteiger partial charge >= 0.3 is 0 Å². The maximum atomic E-state index is 7.33. The number of nitrogen functional groups attached to an aromatic ring is 1. The summed E-state index contributed by atoms with van der Waals surface area (Å²) in [6.07, 6.45) is 4.71. The molecule has 0 aromatic carbocycles. The van der Waals surface area contributed by atoms with Crippen LogP contribution < -0.4 is 10.6 Å². The second-order valence-electron chi connectivity index (χ2n) is 4.68. The lowest BCUT2D eigenvalue weighted by molar-refractivity contribution is 0.0302. The quantitative estimate of drug-likeness (QED) is 0.582. The van der Waals surface area contributed by atoms with Crippen LogP contribution in [0, 0.1) is 5.41 Å². The molecule has 0 spiro atoms. The van der Waals surface area contributed by atoms with E-state index < -0.39 is 0 Å². The molecule has 2 atom stereocenters. The van der Waals surface area contributed by atoms with Gasteiger partial charge in [-0.3, -0.25) is 5.41 Å². The molecule has 2 aliphatic rings. The Labute approximate surface area is 100 Å². The number of amidine groups is 1. The van der Waals surface area contributed by atoms with Gasteiger partial charge in [-0.15, -0.1) is 0 Å². The third kappa shape index (κ3) is 1.98. The molecule has 3 rings (SSSR count). The van der Waals surface area contributed by atoms with Crippen molar-refractivity contribution in [2.75, 3.05) is 18.0 Å². The van der Waals surface area contributed by atoms with Gasteiger partial charge in [-0.25, -0.2) is 4.98 Å². The number of aromatic nitrogens is 1. The van der Waals surface area contributed by atoms with E-state index in [1.54, 1.807) is 6.20 Å². The van der Waals surface area contributed by atoms with Crippen molar-refractivity contribution in [2.24, 2.45) is 5.73 Å². The Hall–Kier alpha value is -1.62. The number of nitrogens with one attached hydrogen (secondary N) is 1. The van der Waals surface area contributed by atoms with Crippen LogP contribution in [0.3, 0.4) is 0 Å². The molecule has 0 amide bonds. The number of rotatable bonds is 2. The molecule has 3 heterocycles. The van der Waals surface area contributed by atoms with E-state index in [9.17, 15) is 0 Å². The van der Waals surface area contributed by atoms with Crippen LogP contribution in [0.2, 0.25) is 0 Å². The molecule has 2 aliphatic heterocycles. The Balaban J connectivity index is 1.78. The van der Waals surface area contributed by atoms with E-state index >= 15 is 0 Å². The Morgan fingerprint density at radius 3 is 2.59 bits per heavy atom. The summed E-state index contributed by atoms with van der Waals surface area (Å²) in [7, 11) is 0. The van der Waals surface area contributed by atoms with Crippen molar-refractivity contribution < 1.29 is 4.74 Å². The number of anilines is 1. The third-order valence-electron chi connectivity index (χ3n) is 3.43. The average Bonchev–Trinajstić information content (AvgIpc) is 2.68. The first-order valence-corrected chi connectivity index (χ1v) is 5.93. The van der Waals surface area contributed by atoms with Crippen LogP contribution in [0.5, 0.6) is 0 Å². The largest absolute Gasteiger partial charge is 0.384 e. The molecule has 90 valence electrons. The van der Waals surface area contributed by atoms with Crippen LogP contribution in [0.15, 0.2) is 18.3 Å². The molecule has 17 heavy (non-hydrogen) atoms. The Kier molecular flexibility index (Phi) is 2.48. The smallest absolute Gasteiger partial charge is 0.128 e. The van der Waals surface area contributed by atoms with Gasteiger partial charge < -0.3 is 15.4 Å². The molecule has 5 nitrogen and oxygen atoms in total. The highest BCUT2D eigenvalue weighted by Crippen LogP contribution is 2.28. The van der Waals surface area contributed by atoms with Crippen LogP contribution in [0.25, 0.3) is 0 Å². The van der Waals surface area contributed by atoms with Crippen molar-refractivity contribution in [3.63, 3.8) is 0 Å². The molecule has 0 aliphatic carbocycles. The number of hydrogen-bond acceptors (Lipinski definition) is 4. The highest BCUT2D eigenvalue weighted by Gasteiger charge is 2.34. The van der Waals surface area contributed by atoms with E-state index in [1.807, 2.05) is 12.1 Å². The van der Waals surface area contributed by atoms with Crippen LogP contribution in [-0.2, 0) is 4.74 Å². The molecule has 1 aromatic rings. The second kappa shape index (κ2) is 4.00. The van der Waals surface area contributed by atoms with Gasteiger partial charge in [0, 0.05) is 24.8 Å². The first kappa shape index (κ1) is 10.5. The van der Waals surface area contributed by atoms with Crippen molar-refractivity contribution in [3.8, 4) is 0 Å². The highest BCUT2D eigenvalue weighted by atomic mass is 16.5. The number of morpholine rings is 1. The monoisotopic (exact) mass is 232 g/mol. The van der Waals surface area contributed by atoms with Crippen LogP contribution in [0.1, 0.15) is 18.4 Å². The van der Waals surface area contributed by atoms with E-state index in [0.717, 1.165) is 31.7 Å². The number of ether oxygens (including phenoxy) is 1. The van der Waals surface area contributed by atoms with Crippen LogP contribution in [-0.4, -0.2) is 36.1 Å². The normalized spacial score (nSPS) is 27.2. The fraction of sp³-hybridized carbons (Fsp3) is 0.500. The summed E-state index contributed by atoms with van der Waals surface area (Å²) in [5.74, 6) is 1.02. The minimum Gasteiger partial charge on any atom is -0.384 e. The molecule has 0 radical (unpaired) electrons. The van der Waals surface area contributed by atoms with Crippen molar-refractivity contribution >= 4 is 11.7 Å². The fourth-order valence-corrected chi connectivity index (χ4v) is 2.53. The highest BCUT2D eigenvalue weighted by molar-refractivity contribution is 5.94. The standard InChI is InChI=1S/C12H16N4O/c13-12(14)8-1-4-11(15-5-8)16-6-9-2-3-10(7-16)17-9/h1,4-5,9-10H,2-3,6-7H2,(H3,13,14). The Morgan fingerprint density at radius 2 is 2.06 bits per heavy atom. The van der Waals surface area contributed by atoms with Gasteiger partial charge in [0.15, 0.2) is 0 Å².